The topological polar surface area (TPSA) is 93.8 Å². The molecule has 9 heteroatoms. The van der Waals surface area contributed by atoms with Gasteiger partial charge in [0.15, 0.2) is 5.13 Å². The summed E-state index contributed by atoms with van der Waals surface area (Å²) in [6, 6.07) is 0.205. The molecule has 0 radical (unpaired) electrons. The molecule has 1 aliphatic rings. The van der Waals surface area contributed by atoms with Crippen LogP contribution in [0.5, 0.6) is 0 Å². The van der Waals surface area contributed by atoms with Crippen molar-refractivity contribution in [1.29, 1.82) is 0 Å². The molecule has 0 aromatic carbocycles. The van der Waals surface area contributed by atoms with E-state index in [9.17, 15) is 4.79 Å². The molecule has 0 saturated heterocycles. The Kier molecular flexibility index (Phi) is 6.47. The van der Waals surface area contributed by atoms with Crippen molar-refractivity contribution in [2.75, 3.05) is 5.32 Å². The zero-order chi connectivity index (χ0) is 13.2. The number of fused-ring (bicyclic) bond motifs is 1. The fourth-order valence-corrected chi connectivity index (χ4v) is 3.13. The van der Waals surface area contributed by atoms with E-state index in [-0.39, 0.29) is 42.5 Å². The Morgan fingerprint density at radius 1 is 1.38 bits per heavy atom. The minimum absolute atomic E-state index is 0. The number of nitrogens with zero attached hydrogens (tertiary/aromatic N) is 3. The van der Waals surface area contributed by atoms with Crippen molar-refractivity contribution in [2.45, 2.75) is 25.3 Å². The zero-order valence-corrected chi connectivity index (χ0v) is 13.4. The van der Waals surface area contributed by atoms with Crippen molar-refractivity contribution in [3.63, 3.8) is 0 Å². The molecule has 1 amide bonds. The smallest absolute Gasteiger partial charge is 0.277 e. The molecule has 2 aromatic rings. The maximum atomic E-state index is 11.9. The molecule has 3 rings (SSSR count). The van der Waals surface area contributed by atoms with Gasteiger partial charge in [0.2, 0.25) is 0 Å². The number of nitrogens with one attached hydrogen (secondary N) is 1. The van der Waals surface area contributed by atoms with Gasteiger partial charge in [-0.1, -0.05) is 0 Å². The molecule has 1 atom stereocenters. The van der Waals surface area contributed by atoms with Gasteiger partial charge < -0.3 is 5.73 Å². The molecule has 114 valence electrons. The largest absolute Gasteiger partial charge is 0.327 e. The molecule has 0 bridgehead atoms. The Bertz CT molecular complexity index is 607. The fraction of sp³-hybridized carbons (Fsp3) is 0.333. The first-order valence-corrected chi connectivity index (χ1v) is 6.85. The van der Waals surface area contributed by atoms with Gasteiger partial charge >= 0.3 is 0 Å². The van der Waals surface area contributed by atoms with Gasteiger partial charge in [-0.3, -0.25) is 15.1 Å². The molecule has 0 aliphatic heterocycles. The number of aromatic nitrogens is 3. The van der Waals surface area contributed by atoms with Gasteiger partial charge in [-0.2, -0.15) is 0 Å². The number of halogens is 2. The van der Waals surface area contributed by atoms with Gasteiger partial charge in [0.05, 0.1) is 11.9 Å². The van der Waals surface area contributed by atoms with Crippen LogP contribution in [0, 0.1) is 0 Å². The average Bonchev–Trinajstić information content (AvgIpc) is 2.81. The molecular weight excluding hydrogens is 333 g/mol. The number of thiazole rings is 1. The first-order chi connectivity index (χ1) is 9.22. The normalized spacial score (nSPS) is 16.1. The van der Waals surface area contributed by atoms with Crippen molar-refractivity contribution in [1.82, 2.24) is 15.0 Å². The predicted octanol–water partition coefficient (Wildman–Crippen LogP) is 1.84. The lowest BCUT2D eigenvalue weighted by Crippen LogP contribution is -2.27. The molecule has 0 unspecified atom stereocenters. The number of nitrogens with two attached hydrogens (primary N) is 1. The zero-order valence-electron chi connectivity index (χ0n) is 11.0. The third-order valence-corrected chi connectivity index (χ3v) is 4.03. The van der Waals surface area contributed by atoms with E-state index in [0.717, 1.165) is 25.0 Å². The highest BCUT2D eigenvalue weighted by atomic mass is 35.5. The molecule has 0 saturated carbocycles. The van der Waals surface area contributed by atoms with Crippen LogP contribution in [0.4, 0.5) is 5.13 Å². The van der Waals surface area contributed by atoms with E-state index >= 15 is 0 Å². The summed E-state index contributed by atoms with van der Waals surface area (Å²) in [4.78, 5) is 25.3. The van der Waals surface area contributed by atoms with E-state index in [4.69, 9.17) is 5.73 Å². The van der Waals surface area contributed by atoms with Crippen LogP contribution in [0.15, 0.2) is 18.6 Å². The van der Waals surface area contributed by atoms with Crippen molar-refractivity contribution in [3.05, 3.63) is 34.9 Å². The Labute approximate surface area is 138 Å². The van der Waals surface area contributed by atoms with E-state index in [1.54, 1.807) is 0 Å². The van der Waals surface area contributed by atoms with Crippen molar-refractivity contribution in [3.8, 4) is 0 Å². The van der Waals surface area contributed by atoms with Crippen LogP contribution in [-0.4, -0.2) is 26.9 Å². The highest BCUT2D eigenvalue weighted by molar-refractivity contribution is 7.15. The number of aryl methyl sites for hydroxylation is 1. The number of amides is 1. The minimum atomic E-state index is -0.288. The van der Waals surface area contributed by atoms with E-state index in [2.05, 4.69) is 20.3 Å². The lowest BCUT2D eigenvalue weighted by Gasteiger charge is -2.15. The SMILES string of the molecule is Cl.Cl.N[C@H]1CCc2nc(NC(=O)c3cnccn3)sc2C1. The molecule has 6 nitrogen and oxygen atoms in total. The summed E-state index contributed by atoms with van der Waals surface area (Å²) >= 11 is 1.49. The summed E-state index contributed by atoms with van der Waals surface area (Å²) in [7, 11) is 0. The molecule has 21 heavy (non-hydrogen) atoms. The Morgan fingerprint density at radius 2 is 2.19 bits per heavy atom. The second-order valence-electron chi connectivity index (χ2n) is 4.44. The van der Waals surface area contributed by atoms with Gasteiger partial charge in [0, 0.05) is 23.3 Å². The standard InChI is InChI=1S/C12H13N5OS.2ClH/c13-7-1-2-8-10(5-7)19-12(16-8)17-11(18)9-6-14-3-4-15-9;;/h3-4,6-7H,1-2,5,13H2,(H,16,17,18);2*1H/t7-;;/m0../s1. The first kappa shape index (κ1) is 17.8. The number of carbonyl (C=O) groups excluding carboxylic acids is 1. The van der Waals surface area contributed by atoms with Gasteiger partial charge in [-0.15, -0.1) is 36.2 Å². The maximum absolute atomic E-state index is 11.9. The number of hydrogen-bond acceptors (Lipinski definition) is 6. The molecule has 2 aromatic heterocycles. The highest BCUT2D eigenvalue weighted by Crippen LogP contribution is 2.29. The minimum Gasteiger partial charge on any atom is -0.327 e. The number of rotatable bonds is 2. The average molecular weight is 348 g/mol. The molecule has 0 spiro atoms. The van der Waals surface area contributed by atoms with Crippen LogP contribution in [0.3, 0.4) is 0 Å². The van der Waals surface area contributed by atoms with Gasteiger partial charge in [-0.25, -0.2) is 9.97 Å². The van der Waals surface area contributed by atoms with Crippen molar-refractivity contribution < 1.29 is 4.79 Å². The summed E-state index contributed by atoms with van der Waals surface area (Å²) in [5, 5.41) is 3.36. The van der Waals surface area contributed by atoms with E-state index in [1.807, 2.05) is 0 Å². The summed E-state index contributed by atoms with van der Waals surface area (Å²) in [6.07, 6.45) is 7.12. The number of anilines is 1. The van der Waals surface area contributed by atoms with E-state index < -0.39 is 0 Å². The summed E-state index contributed by atoms with van der Waals surface area (Å²) in [6.45, 7) is 0. The van der Waals surface area contributed by atoms with Crippen LogP contribution in [0.2, 0.25) is 0 Å². The van der Waals surface area contributed by atoms with Crippen LogP contribution in [0.25, 0.3) is 0 Å². The van der Waals surface area contributed by atoms with Crippen molar-refractivity contribution >= 4 is 47.2 Å². The Morgan fingerprint density at radius 3 is 2.90 bits per heavy atom. The first-order valence-electron chi connectivity index (χ1n) is 6.04. The van der Waals surface area contributed by atoms with Crippen LogP contribution in [-0.2, 0) is 12.8 Å². The second-order valence-corrected chi connectivity index (χ2v) is 5.52. The highest BCUT2D eigenvalue weighted by Gasteiger charge is 2.21. The molecule has 1 aliphatic carbocycles. The molecule has 2 heterocycles. The van der Waals surface area contributed by atoms with Crippen LogP contribution >= 0.6 is 36.2 Å². The fourth-order valence-electron chi connectivity index (χ4n) is 2.03. The third kappa shape index (κ3) is 4.10. The molecular formula is C12H15Cl2N5OS. The van der Waals surface area contributed by atoms with Crippen molar-refractivity contribution in [2.24, 2.45) is 5.73 Å². The maximum Gasteiger partial charge on any atom is 0.277 e. The second kappa shape index (κ2) is 7.65. The molecule has 0 fully saturated rings. The summed E-state index contributed by atoms with van der Waals surface area (Å²) < 4.78 is 0. The number of hydrogen-bond donors (Lipinski definition) is 2. The van der Waals surface area contributed by atoms with E-state index in [0.29, 0.717) is 5.13 Å². The Balaban J connectivity index is 0.00000110. The molecule has 3 N–H and O–H groups in total. The van der Waals surface area contributed by atoms with Gasteiger partial charge in [0.25, 0.3) is 5.91 Å². The third-order valence-electron chi connectivity index (χ3n) is 2.99. The number of carbonyl (C=O) groups is 1. The lowest BCUT2D eigenvalue weighted by atomic mass is 9.99. The van der Waals surface area contributed by atoms with Gasteiger partial charge in [-0.05, 0) is 19.3 Å². The quantitative estimate of drug-likeness (QED) is 0.864. The summed E-state index contributed by atoms with van der Waals surface area (Å²) in [5.74, 6) is -0.288. The van der Waals surface area contributed by atoms with Crippen LogP contribution in [0.1, 0.15) is 27.5 Å². The lowest BCUT2D eigenvalue weighted by molar-refractivity contribution is 0.102. The Hall–Kier alpha value is -1.28. The van der Waals surface area contributed by atoms with Crippen LogP contribution < -0.4 is 11.1 Å². The van der Waals surface area contributed by atoms with E-state index in [1.165, 1.54) is 34.8 Å². The predicted molar refractivity (Wildman–Crippen MR) is 86.6 cm³/mol. The monoisotopic (exact) mass is 347 g/mol. The summed E-state index contributed by atoms with van der Waals surface area (Å²) in [5.41, 5.74) is 7.27. The van der Waals surface area contributed by atoms with Gasteiger partial charge in [0.1, 0.15) is 5.69 Å².